The molecule has 0 radical (unpaired) electrons. The van der Waals surface area contributed by atoms with Gasteiger partial charge in [0.05, 0.1) is 0 Å². The van der Waals surface area contributed by atoms with Crippen LogP contribution < -0.4 is 16.8 Å². The first-order valence-corrected chi connectivity index (χ1v) is 4.16. The van der Waals surface area contributed by atoms with Gasteiger partial charge < -0.3 is 11.5 Å². The predicted molar refractivity (Wildman–Crippen MR) is 34.3 cm³/mol. The zero-order chi connectivity index (χ0) is 5.28. The Morgan fingerprint density at radius 2 is 1.57 bits per heavy atom. The molecule has 1 saturated heterocycles. The molecule has 2 unspecified atom stereocenters. The second-order valence-corrected chi connectivity index (χ2v) is 3.76. The fourth-order valence-electron chi connectivity index (χ4n) is 0.337. The Hall–Kier alpha value is 0.580. The van der Waals surface area contributed by atoms with E-state index in [1.165, 1.54) is 0 Å². The van der Waals surface area contributed by atoms with E-state index in [1.54, 1.807) is 21.6 Å². The van der Waals surface area contributed by atoms with E-state index in [0.717, 1.165) is 0 Å². The molecule has 7 heavy (non-hydrogen) atoms. The third-order valence-corrected chi connectivity index (χ3v) is 2.97. The predicted octanol–water partition coefficient (Wildman–Crippen LogP) is -0.544. The van der Waals surface area contributed by atoms with Crippen molar-refractivity contribution in [2.75, 3.05) is 0 Å². The molecule has 1 rings (SSSR count). The van der Waals surface area contributed by atoms with Gasteiger partial charge in [-0.15, -0.1) is 0 Å². The minimum Gasteiger partial charge on any atom is -0.307 e. The van der Waals surface area contributed by atoms with Crippen LogP contribution in [0.1, 0.15) is 0 Å². The maximum absolute atomic E-state index is 5.38. The average Bonchev–Trinajstić information content (AvgIpc) is 1.87. The zero-order valence-corrected chi connectivity index (χ0v) is 5.26. The minimum absolute atomic E-state index is 0.0278. The van der Waals surface area contributed by atoms with E-state index < -0.39 is 0 Å². The molecule has 0 aromatic carbocycles. The van der Waals surface area contributed by atoms with Crippen LogP contribution in [-0.2, 0) is 0 Å². The van der Waals surface area contributed by atoms with Crippen molar-refractivity contribution in [2.24, 2.45) is 11.5 Å². The van der Waals surface area contributed by atoms with Crippen molar-refractivity contribution >= 4 is 21.6 Å². The van der Waals surface area contributed by atoms with Crippen molar-refractivity contribution in [3.05, 3.63) is 0 Å². The summed E-state index contributed by atoms with van der Waals surface area (Å²) in [4.78, 5) is 0. The van der Waals surface area contributed by atoms with Crippen molar-refractivity contribution in [1.82, 2.24) is 5.32 Å². The molecule has 42 valence electrons. The molecule has 0 bridgehead atoms. The van der Waals surface area contributed by atoms with E-state index in [-0.39, 0.29) is 11.0 Å². The third kappa shape index (κ3) is 1.50. The van der Waals surface area contributed by atoms with Gasteiger partial charge in [-0.05, 0) is 0 Å². The summed E-state index contributed by atoms with van der Waals surface area (Å²) in [7, 11) is 3.13. The number of hydrogen-bond acceptors (Lipinski definition) is 5. The van der Waals surface area contributed by atoms with Gasteiger partial charge in [-0.2, -0.15) is 0 Å². The number of rotatable bonds is 0. The summed E-state index contributed by atoms with van der Waals surface area (Å²) >= 11 is 0. The molecule has 0 aliphatic carbocycles. The van der Waals surface area contributed by atoms with Crippen molar-refractivity contribution in [2.45, 2.75) is 11.0 Å². The van der Waals surface area contributed by atoms with Crippen LogP contribution in [0.4, 0.5) is 0 Å². The van der Waals surface area contributed by atoms with Crippen molar-refractivity contribution < 1.29 is 0 Å². The van der Waals surface area contributed by atoms with Crippen LogP contribution in [-0.4, -0.2) is 11.0 Å². The van der Waals surface area contributed by atoms with Crippen LogP contribution >= 0.6 is 21.6 Å². The summed E-state index contributed by atoms with van der Waals surface area (Å²) in [6.07, 6.45) is 0. The van der Waals surface area contributed by atoms with Gasteiger partial charge in [-0.1, -0.05) is 21.6 Å². The third-order valence-electron chi connectivity index (χ3n) is 0.591. The van der Waals surface area contributed by atoms with Crippen LogP contribution in [0.5, 0.6) is 0 Å². The van der Waals surface area contributed by atoms with Crippen LogP contribution in [0, 0.1) is 0 Å². The van der Waals surface area contributed by atoms with E-state index in [2.05, 4.69) is 5.32 Å². The molecule has 0 aromatic rings. The summed E-state index contributed by atoms with van der Waals surface area (Å²) in [5, 5.41) is 2.90. The fraction of sp³-hybridized carbons (Fsp3) is 1.00. The number of nitrogens with one attached hydrogen (secondary N) is 1. The van der Waals surface area contributed by atoms with E-state index >= 15 is 0 Å². The highest BCUT2D eigenvalue weighted by Gasteiger charge is 2.17. The molecule has 1 fully saturated rings. The van der Waals surface area contributed by atoms with Gasteiger partial charge in [0.25, 0.3) is 0 Å². The molecule has 2 atom stereocenters. The Morgan fingerprint density at radius 3 is 1.71 bits per heavy atom. The van der Waals surface area contributed by atoms with Gasteiger partial charge >= 0.3 is 0 Å². The Labute approximate surface area is 50.0 Å². The highest BCUT2D eigenvalue weighted by molar-refractivity contribution is 8.77. The highest BCUT2D eigenvalue weighted by Crippen LogP contribution is 2.30. The Balaban J connectivity index is 2.26. The Morgan fingerprint density at radius 1 is 1.14 bits per heavy atom. The van der Waals surface area contributed by atoms with Crippen LogP contribution in [0.25, 0.3) is 0 Å². The van der Waals surface area contributed by atoms with Crippen LogP contribution in [0.3, 0.4) is 0 Å². The molecule has 0 aromatic heterocycles. The molecule has 0 spiro atoms. The van der Waals surface area contributed by atoms with Gasteiger partial charge in [-0.3, -0.25) is 5.32 Å². The first-order valence-electron chi connectivity index (χ1n) is 1.88. The monoisotopic (exact) mass is 137 g/mol. The Kier molecular flexibility index (Phi) is 1.82. The fourth-order valence-corrected chi connectivity index (χ4v) is 2.12. The van der Waals surface area contributed by atoms with Crippen molar-refractivity contribution in [3.8, 4) is 0 Å². The lowest BCUT2D eigenvalue weighted by Gasteiger charge is -1.98. The van der Waals surface area contributed by atoms with Crippen molar-refractivity contribution in [1.29, 1.82) is 0 Å². The summed E-state index contributed by atoms with van der Waals surface area (Å²) in [6, 6.07) is 0. The molecule has 3 nitrogen and oxygen atoms in total. The maximum atomic E-state index is 5.38. The first kappa shape index (κ1) is 5.71. The number of nitrogens with two attached hydrogens (primary N) is 2. The second kappa shape index (κ2) is 2.23. The standard InChI is InChI=1S/C2H7N3S2/c3-1-5-2(4)7-6-1/h1-2,5H,3-4H2. The summed E-state index contributed by atoms with van der Waals surface area (Å²) in [6.45, 7) is 0. The minimum atomic E-state index is 0.0278. The lowest BCUT2D eigenvalue weighted by atomic mass is 11.0. The average molecular weight is 137 g/mol. The zero-order valence-electron chi connectivity index (χ0n) is 3.63. The van der Waals surface area contributed by atoms with Crippen LogP contribution in [0.15, 0.2) is 0 Å². The molecule has 5 N–H and O–H groups in total. The second-order valence-electron chi connectivity index (χ2n) is 1.20. The molecule has 0 amide bonds. The highest BCUT2D eigenvalue weighted by atomic mass is 33.1. The van der Waals surface area contributed by atoms with E-state index in [9.17, 15) is 0 Å². The smallest absolute Gasteiger partial charge is 0.115 e. The van der Waals surface area contributed by atoms with E-state index in [1.807, 2.05) is 0 Å². The normalized spacial score (nSPS) is 42.0. The van der Waals surface area contributed by atoms with Gasteiger partial charge in [0, 0.05) is 0 Å². The van der Waals surface area contributed by atoms with Crippen LogP contribution in [0.2, 0.25) is 0 Å². The van der Waals surface area contributed by atoms with E-state index in [0.29, 0.717) is 0 Å². The topological polar surface area (TPSA) is 64.1 Å². The summed E-state index contributed by atoms with van der Waals surface area (Å²) < 4.78 is 0. The lowest BCUT2D eigenvalue weighted by molar-refractivity contribution is 0.660. The molecule has 5 heteroatoms. The van der Waals surface area contributed by atoms with Gasteiger partial charge in [0.1, 0.15) is 11.0 Å². The molecule has 1 aliphatic rings. The van der Waals surface area contributed by atoms with Crippen molar-refractivity contribution in [3.63, 3.8) is 0 Å². The van der Waals surface area contributed by atoms with Gasteiger partial charge in [0.2, 0.25) is 0 Å². The molecule has 1 aliphatic heterocycles. The van der Waals surface area contributed by atoms with E-state index in [4.69, 9.17) is 11.5 Å². The van der Waals surface area contributed by atoms with Gasteiger partial charge in [0.15, 0.2) is 0 Å². The Bertz CT molecular complexity index is 60.0. The maximum Gasteiger partial charge on any atom is 0.115 e. The molecule has 1 heterocycles. The summed E-state index contributed by atoms with van der Waals surface area (Å²) in [5.41, 5.74) is 10.8. The quantitative estimate of drug-likeness (QED) is 0.391. The largest absolute Gasteiger partial charge is 0.307 e. The SMILES string of the molecule is NC1NC(N)SS1. The first-order chi connectivity index (χ1) is 3.29. The summed E-state index contributed by atoms with van der Waals surface area (Å²) in [5.74, 6) is 0. The van der Waals surface area contributed by atoms with Gasteiger partial charge in [-0.25, -0.2) is 0 Å². The molecular weight excluding hydrogens is 130 g/mol. The molecule has 0 saturated carbocycles. The molecular formula is C2H7N3S2. The number of hydrogen-bond donors (Lipinski definition) is 3. The lowest BCUT2D eigenvalue weighted by Crippen LogP contribution is -2.38.